The highest BCUT2D eigenvalue weighted by atomic mass is 16.5. The van der Waals surface area contributed by atoms with Gasteiger partial charge in [-0.1, -0.05) is 6.08 Å². The summed E-state index contributed by atoms with van der Waals surface area (Å²) in [5.74, 6) is 0.999. The Morgan fingerprint density at radius 3 is 2.79 bits per heavy atom. The molecule has 3 nitrogen and oxygen atoms in total. The summed E-state index contributed by atoms with van der Waals surface area (Å²) in [5.41, 5.74) is 5.73. The second-order valence-corrected chi connectivity index (χ2v) is 3.93. The van der Waals surface area contributed by atoms with Crippen LogP contribution < -0.4 is 11.1 Å². The van der Waals surface area contributed by atoms with Crippen molar-refractivity contribution in [3.8, 4) is 0 Å². The lowest BCUT2D eigenvalue weighted by atomic mass is 10.1. The van der Waals surface area contributed by atoms with Gasteiger partial charge in [0.15, 0.2) is 0 Å². The van der Waals surface area contributed by atoms with E-state index in [0.717, 1.165) is 38.1 Å². The summed E-state index contributed by atoms with van der Waals surface area (Å²) in [5, 5.41) is 3.32. The highest BCUT2D eigenvalue weighted by Crippen LogP contribution is 2.16. The fraction of sp³-hybridized carbons (Fsp3) is 0.636. The summed E-state index contributed by atoms with van der Waals surface area (Å²) in [4.78, 5) is 0. The van der Waals surface area contributed by atoms with E-state index in [1.54, 1.807) is 0 Å². The van der Waals surface area contributed by atoms with Gasteiger partial charge in [0.2, 0.25) is 0 Å². The lowest BCUT2D eigenvalue weighted by Gasteiger charge is -2.25. The Bertz CT molecular complexity index is 242. The predicted molar refractivity (Wildman–Crippen MR) is 56.8 cm³/mol. The normalized spacial score (nSPS) is 28.6. The SMILES string of the molecule is NC1C=CC(OC2CCNCC2)=CC1. The molecular formula is C11H18N2O. The molecule has 2 aliphatic rings. The average Bonchev–Trinajstić information content (AvgIpc) is 2.23. The lowest BCUT2D eigenvalue weighted by molar-refractivity contribution is 0.0947. The molecule has 1 heterocycles. The van der Waals surface area contributed by atoms with E-state index >= 15 is 0 Å². The number of rotatable bonds is 2. The fourth-order valence-electron chi connectivity index (χ4n) is 1.81. The van der Waals surface area contributed by atoms with E-state index in [1.807, 2.05) is 12.2 Å². The Morgan fingerprint density at radius 1 is 1.36 bits per heavy atom. The van der Waals surface area contributed by atoms with Gasteiger partial charge in [-0.2, -0.15) is 0 Å². The van der Waals surface area contributed by atoms with Crippen LogP contribution in [0.15, 0.2) is 24.0 Å². The average molecular weight is 194 g/mol. The third kappa shape index (κ3) is 2.59. The molecule has 0 radical (unpaired) electrons. The third-order valence-electron chi connectivity index (χ3n) is 2.69. The molecule has 0 saturated carbocycles. The van der Waals surface area contributed by atoms with Crippen molar-refractivity contribution in [2.24, 2.45) is 5.73 Å². The van der Waals surface area contributed by atoms with Crippen molar-refractivity contribution in [3.63, 3.8) is 0 Å². The molecule has 1 unspecified atom stereocenters. The van der Waals surface area contributed by atoms with Crippen molar-refractivity contribution in [2.75, 3.05) is 13.1 Å². The number of hydrogen-bond donors (Lipinski definition) is 2. The van der Waals surface area contributed by atoms with Crippen LogP contribution >= 0.6 is 0 Å². The zero-order valence-electron chi connectivity index (χ0n) is 8.41. The van der Waals surface area contributed by atoms with E-state index in [1.165, 1.54) is 0 Å². The van der Waals surface area contributed by atoms with Crippen molar-refractivity contribution in [3.05, 3.63) is 24.0 Å². The fourth-order valence-corrected chi connectivity index (χ4v) is 1.81. The topological polar surface area (TPSA) is 47.3 Å². The van der Waals surface area contributed by atoms with Gasteiger partial charge in [0.1, 0.15) is 11.9 Å². The Morgan fingerprint density at radius 2 is 2.14 bits per heavy atom. The van der Waals surface area contributed by atoms with Gasteiger partial charge in [0, 0.05) is 6.04 Å². The largest absolute Gasteiger partial charge is 0.491 e. The summed E-state index contributed by atoms with van der Waals surface area (Å²) < 4.78 is 5.86. The van der Waals surface area contributed by atoms with Gasteiger partial charge in [0.05, 0.1) is 0 Å². The first-order valence-electron chi connectivity index (χ1n) is 5.36. The number of hydrogen-bond acceptors (Lipinski definition) is 3. The van der Waals surface area contributed by atoms with Gasteiger partial charge in [-0.3, -0.25) is 0 Å². The number of allylic oxidation sites excluding steroid dienone is 1. The molecule has 0 aromatic heterocycles. The molecule has 1 fully saturated rings. The monoisotopic (exact) mass is 194 g/mol. The van der Waals surface area contributed by atoms with Crippen molar-refractivity contribution < 1.29 is 4.74 Å². The maximum absolute atomic E-state index is 5.86. The molecule has 3 heteroatoms. The summed E-state index contributed by atoms with van der Waals surface area (Å²) >= 11 is 0. The lowest BCUT2D eigenvalue weighted by Crippen LogP contribution is -2.32. The van der Waals surface area contributed by atoms with Gasteiger partial charge in [-0.05, 0) is 44.5 Å². The Kier molecular flexibility index (Phi) is 3.22. The third-order valence-corrected chi connectivity index (χ3v) is 2.69. The summed E-state index contributed by atoms with van der Waals surface area (Å²) in [7, 11) is 0. The maximum Gasteiger partial charge on any atom is 0.115 e. The minimum absolute atomic E-state index is 0.176. The zero-order chi connectivity index (χ0) is 9.80. The van der Waals surface area contributed by atoms with Crippen LogP contribution in [0, 0.1) is 0 Å². The van der Waals surface area contributed by atoms with E-state index in [-0.39, 0.29) is 6.04 Å². The highest BCUT2D eigenvalue weighted by Gasteiger charge is 2.15. The van der Waals surface area contributed by atoms with Crippen LogP contribution in [0.2, 0.25) is 0 Å². The molecule has 0 aromatic carbocycles. The standard InChI is InChI=1S/C11H18N2O/c12-9-1-3-10(4-2-9)14-11-5-7-13-8-6-11/h1,3-4,9,11,13H,2,5-8,12H2. The van der Waals surface area contributed by atoms with E-state index in [0.29, 0.717) is 6.10 Å². The molecule has 0 aromatic rings. The number of piperidine rings is 1. The van der Waals surface area contributed by atoms with Crippen LogP contribution in [0.3, 0.4) is 0 Å². The van der Waals surface area contributed by atoms with Gasteiger partial charge < -0.3 is 15.8 Å². The molecule has 1 atom stereocenters. The van der Waals surface area contributed by atoms with E-state index in [4.69, 9.17) is 10.5 Å². The summed E-state index contributed by atoms with van der Waals surface area (Å²) in [6.45, 7) is 2.14. The minimum Gasteiger partial charge on any atom is -0.491 e. The van der Waals surface area contributed by atoms with E-state index in [9.17, 15) is 0 Å². The van der Waals surface area contributed by atoms with Crippen LogP contribution in [-0.2, 0) is 4.74 Å². The maximum atomic E-state index is 5.86. The second-order valence-electron chi connectivity index (χ2n) is 3.93. The van der Waals surface area contributed by atoms with Crippen molar-refractivity contribution in [1.82, 2.24) is 5.32 Å². The Balaban J connectivity index is 1.82. The van der Waals surface area contributed by atoms with Gasteiger partial charge in [-0.15, -0.1) is 0 Å². The predicted octanol–water partition coefficient (Wildman–Crippen LogP) is 0.926. The molecule has 1 aliphatic heterocycles. The molecule has 3 N–H and O–H groups in total. The van der Waals surface area contributed by atoms with Crippen LogP contribution in [0.25, 0.3) is 0 Å². The molecule has 78 valence electrons. The molecule has 0 amide bonds. The molecule has 2 rings (SSSR count). The van der Waals surface area contributed by atoms with Crippen LogP contribution in [0.4, 0.5) is 0 Å². The minimum atomic E-state index is 0.176. The van der Waals surface area contributed by atoms with Crippen molar-refractivity contribution >= 4 is 0 Å². The zero-order valence-corrected chi connectivity index (χ0v) is 8.41. The molecule has 1 saturated heterocycles. The van der Waals surface area contributed by atoms with Crippen LogP contribution in [0.5, 0.6) is 0 Å². The Hall–Kier alpha value is -0.800. The smallest absolute Gasteiger partial charge is 0.115 e. The van der Waals surface area contributed by atoms with E-state index in [2.05, 4.69) is 11.4 Å². The van der Waals surface area contributed by atoms with Crippen molar-refractivity contribution in [2.45, 2.75) is 31.4 Å². The van der Waals surface area contributed by atoms with Crippen LogP contribution in [-0.4, -0.2) is 25.2 Å². The van der Waals surface area contributed by atoms with Crippen LogP contribution in [0.1, 0.15) is 19.3 Å². The highest BCUT2D eigenvalue weighted by molar-refractivity contribution is 5.20. The molecule has 14 heavy (non-hydrogen) atoms. The second kappa shape index (κ2) is 4.62. The summed E-state index contributed by atoms with van der Waals surface area (Å²) in [6.07, 6.45) is 9.60. The van der Waals surface area contributed by atoms with E-state index < -0.39 is 0 Å². The first-order valence-corrected chi connectivity index (χ1v) is 5.36. The van der Waals surface area contributed by atoms with Crippen molar-refractivity contribution in [1.29, 1.82) is 0 Å². The van der Waals surface area contributed by atoms with Gasteiger partial charge >= 0.3 is 0 Å². The number of nitrogens with one attached hydrogen (secondary N) is 1. The van der Waals surface area contributed by atoms with Gasteiger partial charge in [0.25, 0.3) is 0 Å². The molecule has 0 spiro atoms. The molecular weight excluding hydrogens is 176 g/mol. The first kappa shape index (κ1) is 9.74. The molecule has 0 bridgehead atoms. The molecule has 1 aliphatic carbocycles. The Labute approximate surface area is 85.0 Å². The number of ether oxygens (including phenoxy) is 1. The first-order chi connectivity index (χ1) is 6.84. The van der Waals surface area contributed by atoms with Gasteiger partial charge in [-0.25, -0.2) is 0 Å². The quantitative estimate of drug-likeness (QED) is 0.687. The number of nitrogens with two attached hydrogens (primary N) is 1. The summed E-state index contributed by atoms with van der Waals surface area (Å²) in [6, 6.07) is 0.176.